The van der Waals surface area contributed by atoms with Crippen LogP contribution in [0.1, 0.15) is 0 Å². The van der Waals surface area contributed by atoms with Gasteiger partial charge in [-0.1, -0.05) is 0 Å². The predicted octanol–water partition coefficient (Wildman–Crippen LogP) is 1.29. The fourth-order valence-electron chi connectivity index (χ4n) is 0. The second-order valence-corrected chi connectivity index (χ2v) is 3.62. The molecule has 0 amide bonds. The van der Waals surface area contributed by atoms with Gasteiger partial charge in [0.2, 0.25) is 0 Å². The molecule has 0 heterocycles. The van der Waals surface area contributed by atoms with Crippen LogP contribution in [-0.2, 0) is 80.7 Å². The SMILES string of the molecule is [Au].[Au].[Pt].[S]=[Mo]=[S]. The van der Waals surface area contributed by atoms with E-state index in [0.717, 1.165) is 0 Å². The summed E-state index contributed by atoms with van der Waals surface area (Å²) >= 11 is -0.363. The van der Waals surface area contributed by atoms with E-state index in [9.17, 15) is 0 Å². The third-order valence-corrected chi connectivity index (χ3v) is 0. The fourth-order valence-corrected chi connectivity index (χ4v) is 0. The second-order valence-electron chi connectivity index (χ2n) is 0.0680. The van der Waals surface area contributed by atoms with Crippen LogP contribution in [0.5, 0.6) is 0 Å². The molecule has 0 saturated heterocycles. The summed E-state index contributed by atoms with van der Waals surface area (Å²) in [4.78, 5) is 0. The molecule has 0 saturated carbocycles. The Morgan fingerprint density at radius 3 is 1.00 bits per heavy atom. The molecule has 0 spiro atoms. The van der Waals surface area contributed by atoms with Gasteiger partial charge in [-0.2, -0.15) is 0 Å². The molecule has 50 valence electrons. The molecule has 0 bridgehead atoms. The van der Waals surface area contributed by atoms with E-state index >= 15 is 0 Å². The van der Waals surface area contributed by atoms with Crippen molar-refractivity contribution in [2.24, 2.45) is 0 Å². The Hall–Kier alpha value is 3.30. The summed E-state index contributed by atoms with van der Waals surface area (Å²) in [6, 6.07) is 0. The van der Waals surface area contributed by atoms with Crippen molar-refractivity contribution in [2.75, 3.05) is 0 Å². The van der Waals surface area contributed by atoms with Gasteiger partial charge in [-0.15, -0.1) is 0 Å². The second kappa shape index (κ2) is 23.9. The summed E-state index contributed by atoms with van der Waals surface area (Å²) in [7, 11) is 8.68. The summed E-state index contributed by atoms with van der Waals surface area (Å²) in [5.41, 5.74) is 0. The van der Waals surface area contributed by atoms with E-state index in [0.29, 0.717) is 0 Å². The molecule has 0 unspecified atom stereocenters. The van der Waals surface area contributed by atoms with E-state index in [4.69, 9.17) is 0 Å². The van der Waals surface area contributed by atoms with Gasteiger partial charge in [-0.25, -0.2) is 0 Å². The molecule has 6 heavy (non-hydrogen) atoms. The molecule has 6 heteroatoms. The average molecular weight is 749 g/mol. The maximum atomic E-state index is 4.34. The van der Waals surface area contributed by atoms with Crippen molar-refractivity contribution < 1.29 is 80.7 Å². The van der Waals surface area contributed by atoms with Gasteiger partial charge < -0.3 is 0 Å². The van der Waals surface area contributed by atoms with E-state index < -0.39 is 0 Å². The van der Waals surface area contributed by atoms with Crippen molar-refractivity contribution in [2.45, 2.75) is 0 Å². The van der Waals surface area contributed by atoms with Crippen molar-refractivity contribution in [3.8, 4) is 0 Å². The van der Waals surface area contributed by atoms with Gasteiger partial charge in [-0.3, -0.25) is 0 Å². The molecule has 0 aromatic heterocycles. The molecule has 0 aliphatic carbocycles. The molecule has 0 atom stereocenters. The average Bonchev–Trinajstić information content (AvgIpc) is 0.918. The van der Waals surface area contributed by atoms with Gasteiger partial charge in [0.1, 0.15) is 0 Å². The molecule has 0 N–H and O–H groups in total. The first-order valence-corrected chi connectivity index (χ1v) is 5.92. The summed E-state index contributed by atoms with van der Waals surface area (Å²) in [6.07, 6.45) is 0. The Bertz CT molecular complexity index is 32.5. The van der Waals surface area contributed by atoms with Crippen LogP contribution in [0, 0.1) is 0 Å². The molecule has 0 nitrogen and oxygen atoms in total. The molecule has 0 rings (SSSR count). The van der Waals surface area contributed by atoms with Gasteiger partial charge >= 0.3 is 34.6 Å². The van der Waals surface area contributed by atoms with Crippen molar-refractivity contribution in [3.63, 3.8) is 0 Å². The minimum absolute atomic E-state index is 0. The Labute approximate surface area is 98.3 Å². The molecule has 0 aromatic rings. The van der Waals surface area contributed by atoms with Gasteiger partial charge in [0.15, 0.2) is 0 Å². The molecule has 0 fully saturated rings. The molecular formula is Au2MoPtS2. The Kier molecular flexibility index (Phi) is 91.0. The third-order valence-electron chi connectivity index (χ3n) is 0. The van der Waals surface area contributed by atoms with E-state index in [1.54, 1.807) is 0 Å². The molecule has 2 radical (unpaired) electrons. The van der Waals surface area contributed by atoms with Gasteiger partial charge in [0.25, 0.3) is 0 Å². The van der Waals surface area contributed by atoms with Crippen molar-refractivity contribution >= 4 is 19.6 Å². The normalized spacial score (nSPS) is 2.00. The first-order chi connectivity index (χ1) is 1.41. The summed E-state index contributed by atoms with van der Waals surface area (Å²) < 4.78 is 0. The van der Waals surface area contributed by atoms with Crippen molar-refractivity contribution in [1.29, 1.82) is 0 Å². The Balaban J connectivity index is -0.00000000667. The Morgan fingerprint density at radius 2 is 1.00 bits per heavy atom. The first-order valence-electron chi connectivity index (χ1n) is 0.333. The van der Waals surface area contributed by atoms with Crippen LogP contribution in [-0.4, -0.2) is 0 Å². The zero-order chi connectivity index (χ0) is 2.71. The topological polar surface area (TPSA) is 0 Å². The maximum absolute atomic E-state index is 4.34. The van der Waals surface area contributed by atoms with E-state index in [-0.39, 0.29) is 80.7 Å². The summed E-state index contributed by atoms with van der Waals surface area (Å²) in [5.74, 6) is 0. The predicted molar refractivity (Wildman–Crippen MR) is 15.2 cm³/mol. The zero-order valence-electron chi connectivity index (χ0n) is 2.14. The zero-order valence-corrected chi connectivity index (χ0v) is 12.4. The van der Waals surface area contributed by atoms with Crippen molar-refractivity contribution in [3.05, 3.63) is 0 Å². The van der Waals surface area contributed by atoms with E-state index in [2.05, 4.69) is 19.6 Å². The van der Waals surface area contributed by atoms with E-state index in [1.165, 1.54) is 0 Å². The minimum atomic E-state index is -0.363. The molecular weight excluding hydrogens is 749 g/mol. The summed E-state index contributed by atoms with van der Waals surface area (Å²) in [6.45, 7) is 0. The standard InChI is InChI=1S/2Au.Mo.Pt.2S. The van der Waals surface area contributed by atoms with Crippen molar-refractivity contribution in [1.82, 2.24) is 0 Å². The third kappa shape index (κ3) is 26.6. The van der Waals surface area contributed by atoms with Crippen LogP contribution < -0.4 is 0 Å². The number of hydrogen-bond acceptors (Lipinski definition) is 2. The van der Waals surface area contributed by atoms with Crippen LogP contribution in [0.25, 0.3) is 0 Å². The first kappa shape index (κ1) is 22.8. The molecule has 0 aliphatic rings. The summed E-state index contributed by atoms with van der Waals surface area (Å²) in [5, 5.41) is 0. The van der Waals surface area contributed by atoms with E-state index in [1.807, 2.05) is 0 Å². The van der Waals surface area contributed by atoms with Crippen LogP contribution in [0.15, 0.2) is 0 Å². The quantitative estimate of drug-likeness (QED) is 0.343. The van der Waals surface area contributed by atoms with Gasteiger partial charge in [-0.05, 0) is 0 Å². The molecule has 0 aromatic carbocycles. The van der Waals surface area contributed by atoms with Gasteiger partial charge in [0, 0.05) is 65.8 Å². The van der Waals surface area contributed by atoms with Crippen LogP contribution >= 0.6 is 19.6 Å². The molecule has 0 aliphatic heterocycles. The van der Waals surface area contributed by atoms with Crippen LogP contribution in [0.2, 0.25) is 0 Å². The number of hydrogen-bond donors (Lipinski definition) is 0. The Morgan fingerprint density at radius 1 is 1.00 bits per heavy atom. The monoisotopic (exact) mass is 751 g/mol. The van der Waals surface area contributed by atoms with Crippen LogP contribution in [0.4, 0.5) is 0 Å². The van der Waals surface area contributed by atoms with Crippen LogP contribution in [0.3, 0.4) is 0 Å². The van der Waals surface area contributed by atoms with Gasteiger partial charge in [0.05, 0.1) is 0 Å². The number of rotatable bonds is 0. The fraction of sp³-hybridized carbons (Fsp3) is 0.